The molecule has 148 valence electrons. The molecule has 0 radical (unpaired) electrons. The van der Waals surface area contributed by atoms with Crippen LogP contribution >= 0.6 is 11.6 Å². The molecule has 1 aromatic heterocycles. The molecule has 3 aromatic rings. The Morgan fingerprint density at radius 1 is 1.10 bits per heavy atom. The van der Waals surface area contributed by atoms with Crippen LogP contribution in [0.5, 0.6) is 0 Å². The lowest BCUT2D eigenvalue weighted by atomic mass is 10.1. The van der Waals surface area contributed by atoms with Crippen LogP contribution in [0.4, 0.5) is 21.6 Å². The number of nitrogens with zero attached hydrogens (tertiary/aromatic N) is 2. The van der Waals surface area contributed by atoms with Crippen molar-refractivity contribution in [1.29, 1.82) is 0 Å². The number of benzene rings is 2. The summed E-state index contributed by atoms with van der Waals surface area (Å²) in [6.07, 6.45) is 1.64. The van der Waals surface area contributed by atoms with Gasteiger partial charge in [-0.1, -0.05) is 18.2 Å². The normalized spacial score (nSPS) is 10.6. The molecule has 0 saturated carbocycles. The average Bonchev–Trinajstić information content (AvgIpc) is 2.69. The molecule has 1 heterocycles. The van der Waals surface area contributed by atoms with Crippen LogP contribution in [-0.4, -0.2) is 21.8 Å². The number of fused-ring (bicyclic) bond motifs is 1. The van der Waals surface area contributed by atoms with Crippen LogP contribution in [0.15, 0.2) is 54.9 Å². The maximum atomic E-state index is 13.4. The first-order chi connectivity index (χ1) is 13.8. The fourth-order valence-corrected chi connectivity index (χ4v) is 2.74. The van der Waals surface area contributed by atoms with Gasteiger partial charge in [-0.3, -0.25) is 9.59 Å². The summed E-state index contributed by atoms with van der Waals surface area (Å²) in [4.78, 5) is 31.5. The zero-order chi connectivity index (χ0) is 21.0. The highest BCUT2D eigenvalue weighted by atomic mass is 35.5. The predicted octanol–water partition coefficient (Wildman–Crippen LogP) is 3.93. The van der Waals surface area contributed by atoms with E-state index in [0.29, 0.717) is 28.1 Å². The topological polar surface area (TPSA) is 110 Å². The Hall–Kier alpha value is -3.52. The molecule has 0 saturated heterocycles. The zero-order valence-electron chi connectivity index (χ0n) is 15.2. The molecular formula is C20H17ClFN5O2. The number of carbonyl (C=O) groups excluding carboxylic acids is 2. The van der Waals surface area contributed by atoms with Crippen molar-refractivity contribution < 1.29 is 14.0 Å². The highest BCUT2D eigenvalue weighted by Gasteiger charge is 2.10. The van der Waals surface area contributed by atoms with Crippen molar-refractivity contribution >= 4 is 51.5 Å². The van der Waals surface area contributed by atoms with Gasteiger partial charge in [0.25, 0.3) is 0 Å². The number of carbonyl (C=O) groups is 2. The van der Waals surface area contributed by atoms with Gasteiger partial charge in [0.05, 0.1) is 10.5 Å². The smallest absolute Gasteiger partial charge is 0.244 e. The Bertz CT molecular complexity index is 1120. The van der Waals surface area contributed by atoms with E-state index in [1.54, 1.807) is 18.2 Å². The third-order valence-corrected chi connectivity index (χ3v) is 4.39. The summed E-state index contributed by atoms with van der Waals surface area (Å²) in [5.74, 6) is -0.967. The summed E-state index contributed by atoms with van der Waals surface area (Å²) in [5.41, 5.74) is 7.04. The lowest BCUT2D eigenvalue weighted by Crippen LogP contribution is -2.16. The molecule has 0 bridgehead atoms. The van der Waals surface area contributed by atoms with Crippen molar-refractivity contribution in [3.05, 3.63) is 65.7 Å². The van der Waals surface area contributed by atoms with Crippen molar-refractivity contribution in [1.82, 2.24) is 9.97 Å². The first kappa shape index (κ1) is 20.2. The Kier molecular flexibility index (Phi) is 6.04. The maximum absolute atomic E-state index is 13.4. The van der Waals surface area contributed by atoms with Crippen LogP contribution in [0.3, 0.4) is 0 Å². The summed E-state index contributed by atoms with van der Waals surface area (Å²) < 4.78 is 13.4. The van der Waals surface area contributed by atoms with Crippen molar-refractivity contribution in [2.24, 2.45) is 5.73 Å². The Labute approximate surface area is 170 Å². The number of hydrogen-bond donors (Lipinski definition) is 3. The number of nitrogens with two attached hydrogens (primary N) is 1. The lowest BCUT2D eigenvalue weighted by Gasteiger charge is -2.11. The summed E-state index contributed by atoms with van der Waals surface area (Å²) in [6.45, 7) is 3.52. The molecule has 2 amide bonds. The van der Waals surface area contributed by atoms with Gasteiger partial charge in [-0.2, -0.15) is 0 Å². The quantitative estimate of drug-likeness (QED) is 0.508. The third kappa shape index (κ3) is 5.05. The molecule has 3 rings (SSSR count). The van der Waals surface area contributed by atoms with Crippen molar-refractivity contribution in [2.75, 3.05) is 10.6 Å². The SMILES string of the molecule is C=C(CCC(=O)Nc1ccc2ncnc(Nc3ccc(F)c(Cl)c3)c2c1)C(N)=O. The van der Waals surface area contributed by atoms with Gasteiger partial charge in [-0.25, -0.2) is 14.4 Å². The van der Waals surface area contributed by atoms with Crippen LogP contribution in [-0.2, 0) is 9.59 Å². The van der Waals surface area contributed by atoms with E-state index in [1.807, 2.05) is 0 Å². The summed E-state index contributed by atoms with van der Waals surface area (Å²) in [7, 11) is 0. The number of primary amides is 1. The minimum absolute atomic E-state index is 0.0149. The largest absolute Gasteiger partial charge is 0.366 e. The van der Waals surface area contributed by atoms with Crippen molar-refractivity contribution in [2.45, 2.75) is 12.8 Å². The molecule has 0 aliphatic rings. The summed E-state index contributed by atoms with van der Waals surface area (Å²) in [6, 6.07) is 9.38. The molecule has 2 aromatic carbocycles. The van der Waals surface area contributed by atoms with Crippen LogP contribution in [0.25, 0.3) is 10.9 Å². The number of aromatic nitrogens is 2. The van der Waals surface area contributed by atoms with E-state index in [1.165, 1.54) is 24.5 Å². The molecule has 4 N–H and O–H groups in total. The first-order valence-corrected chi connectivity index (χ1v) is 8.95. The molecule has 0 unspecified atom stereocenters. The number of hydrogen-bond acceptors (Lipinski definition) is 5. The van der Waals surface area contributed by atoms with Gasteiger partial charge in [0, 0.05) is 28.8 Å². The van der Waals surface area contributed by atoms with Crippen LogP contribution in [0, 0.1) is 5.82 Å². The second-order valence-electron chi connectivity index (χ2n) is 6.22. The molecular weight excluding hydrogens is 397 g/mol. The Balaban J connectivity index is 1.80. The fourth-order valence-electron chi connectivity index (χ4n) is 2.56. The number of halogens is 2. The molecule has 0 fully saturated rings. The second kappa shape index (κ2) is 8.66. The summed E-state index contributed by atoms with van der Waals surface area (Å²) in [5, 5.41) is 6.45. The average molecular weight is 414 g/mol. The van der Waals surface area contributed by atoms with Gasteiger partial charge >= 0.3 is 0 Å². The molecule has 0 spiro atoms. The first-order valence-electron chi connectivity index (χ1n) is 8.58. The minimum Gasteiger partial charge on any atom is -0.366 e. The van der Waals surface area contributed by atoms with E-state index in [4.69, 9.17) is 17.3 Å². The van der Waals surface area contributed by atoms with E-state index in [0.717, 1.165) is 0 Å². The number of amides is 2. The number of nitrogens with one attached hydrogen (secondary N) is 2. The van der Waals surface area contributed by atoms with Crippen molar-refractivity contribution in [3.8, 4) is 0 Å². The standard InChI is InChI=1S/C20H17ClFN5O2/c1-11(19(23)29)2-7-18(28)26-12-4-6-17-14(8-12)20(25-10-24-17)27-13-3-5-16(22)15(21)9-13/h3-6,8-10H,1-2,7H2,(H2,23,29)(H,26,28)(H,24,25,27). The van der Waals surface area contributed by atoms with Gasteiger partial charge < -0.3 is 16.4 Å². The lowest BCUT2D eigenvalue weighted by molar-refractivity contribution is -0.116. The number of rotatable bonds is 7. The van der Waals surface area contributed by atoms with E-state index in [-0.39, 0.29) is 29.3 Å². The van der Waals surface area contributed by atoms with E-state index in [2.05, 4.69) is 27.2 Å². The van der Waals surface area contributed by atoms with Gasteiger partial charge in [0.15, 0.2) is 0 Å². The zero-order valence-corrected chi connectivity index (χ0v) is 16.0. The van der Waals surface area contributed by atoms with E-state index >= 15 is 0 Å². The Morgan fingerprint density at radius 3 is 2.59 bits per heavy atom. The molecule has 0 aliphatic heterocycles. The number of anilines is 3. The molecule has 29 heavy (non-hydrogen) atoms. The van der Waals surface area contributed by atoms with Crippen LogP contribution in [0.1, 0.15) is 12.8 Å². The van der Waals surface area contributed by atoms with Gasteiger partial charge in [-0.15, -0.1) is 0 Å². The minimum atomic E-state index is -0.628. The second-order valence-corrected chi connectivity index (χ2v) is 6.63. The predicted molar refractivity (Wildman–Crippen MR) is 110 cm³/mol. The summed E-state index contributed by atoms with van der Waals surface area (Å²) >= 11 is 5.82. The highest BCUT2D eigenvalue weighted by Crippen LogP contribution is 2.27. The molecule has 9 heteroatoms. The van der Waals surface area contributed by atoms with Crippen LogP contribution in [0.2, 0.25) is 5.02 Å². The Morgan fingerprint density at radius 2 is 1.86 bits per heavy atom. The third-order valence-electron chi connectivity index (χ3n) is 4.10. The van der Waals surface area contributed by atoms with E-state index in [9.17, 15) is 14.0 Å². The molecule has 0 aliphatic carbocycles. The van der Waals surface area contributed by atoms with Gasteiger partial charge in [0.2, 0.25) is 11.8 Å². The molecule has 0 atom stereocenters. The van der Waals surface area contributed by atoms with Gasteiger partial charge in [0.1, 0.15) is 18.0 Å². The fraction of sp³-hybridized carbons (Fsp3) is 0.100. The van der Waals surface area contributed by atoms with E-state index < -0.39 is 11.7 Å². The monoisotopic (exact) mass is 413 g/mol. The molecule has 7 nitrogen and oxygen atoms in total. The highest BCUT2D eigenvalue weighted by molar-refractivity contribution is 6.31. The van der Waals surface area contributed by atoms with Crippen LogP contribution < -0.4 is 16.4 Å². The maximum Gasteiger partial charge on any atom is 0.244 e. The van der Waals surface area contributed by atoms with Crippen molar-refractivity contribution in [3.63, 3.8) is 0 Å². The van der Waals surface area contributed by atoms with Gasteiger partial charge in [-0.05, 0) is 42.8 Å².